The number of nitrogens with two attached hydrogens (primary N) is 1. The highest BCUT2D eigenvalue weighted by molar-refractivity contribution is 7.47. The molecule has 0 aliphatic heterocycles. The number of carbonyl (C=O) groups excluding carboxylic acids is 1. The Hall–Kier alpha value is -1.80. The summed E-state index contributed by atoms with van der Waals surface area (Å²) in [6, 6.07) is 0. The molecule has 0 bridgehead atoms. The third kappa shape index (κ3) is 23.4. The number of carbonyl (C=O) groups is 1. The topological polar surface area (TPSA) is 117 Å². The van der Waals surface area contributed by atoms with Crippen LogP contribution in [0, 0.1) is 0 Å². The van der Waals surface area contributed by atoms with Gasteiger partial charge in [-0.25, -0.2) is 4.57 Å². The molecule has 0 aliphatic rings. The Labute approximate surface area is 204 Å². The molecule has 0 aromatic carbocycles. The molecule has 0 radical (unpaired) electrons. The fraction of sp³-hybridized carbons (Fsp3) is 0.560. The summed E-state index contributed by atoms with van der Waals surface area (Å²) in [5.41, 5.74) is 5.22. The molecule has 0 saturated heterocycles. The van der Waals surface area contributed by atoms with Gasteiger partial charge in [-0.1, -0.05) is 67.7 Å². The number of phosphoric acid groups is 1. The molecule has 2 unspecified atom stereocenters. The van der Waals surface area contributed by atoms with Crippen LogP contribution < -0.4 is 5.73 Å². The highest BCUT2D eigenvalue weighted by Crippen LogP contribution is 2.42. The van der Waals surface area contributed by atoms with Crippen LogP contribution in [0.5, 0.6) is 0 Å². The van der Waals surface area contributed by atoms with Crippen LogP contribution in [0.4, 0.5) is 0 Å². The van der Waals surface area contributed by atoms with Crippen molar-refractivity contribution in [3.8, 4) is 0 Å². The Morgan fingerprint density at radius 3 is 1.88 bits per heavy atom. The first kappa shape index (κ1) is 32.2. The Morgan fingerprint density at radius 1 is 0.853 bits per heavy atom. The largest absolute Gasteiger partial charge is 0.472 e. The number of esters is 1. The molecule has 34 heavy (non-hydrogen) atoms. The lowest BCUT2D eigenvalue weighted by molar-refractivity contribution is -0.151. The van der Waals surface area contributed by atoms with E-state index in [1.807, 2.05) is 6.08 Å². The first-order valence-corrected chi connectivity index (χ1v) is 13.2. The van der Waals surface area contributed by atoms with Gasteiger partial charge in [0.1, 0.15) is 6.10 Å². The number of hydrogen-bond donors (Lipinski definition) is 2. The van der Waals surface area contributed by atoms with E-state index in [-0.39, 0.29) is 26.4 Å². The molecule has 3 N–H and O–H groups in total. The zero-order chi connectivity index (χ0) is 25.3. The molecule has 0 aromatic rings. The summed E-state index contributed by atoms with van der Waals surface area (Å²) in [5.74, 6) is -0.536. The van der Waals surface area contributed by atoms with E-state index < -0.39 is 19.9 Å². The molecule has 194 valence electrons. The van der Waals surface area contributed by atoms with E-state index in [9.17, 15) is 14.3 Å². The van der Waals surface area contributed by atoms with Crippen molar-refractivity contribution in [2.24, 2.45) is 5.73 Å². The number of rotatable bonds is 21. The van der Waals surface area contributed by atoms with Crippen LogP contribution in [-0.2, 0) is 27.9 Å². The van der Waals surface area contributed by atoms with Crippen LogP contribution >= 0.6 is 7.82 Å². The number of ether oxygens (including phenoxy) is 2. The minimum Gasteiger partial charge on any atom is -0.458 e. The van der Waals surface area contributed by atoms with E-state index in [4.69, 9.17) is 19.7 Å². The Kier molecular flexibility index (Phi) is 21.8. The first-order chi connectivity index (χ1) is 16.4. The maximum atomic E-state index is 11.7. The van der Waals surface area contributed by atoms with Gasteiger partial charge in [-0.15, -0.1) is 0 Å². The van der Waals surface area contributed by atoms with Gasteiger partial charge >= 0.3 is 13.8 Å². The highest BCUT2D eigenvalue weighted by Gasteiger charge is 2.24. The maximum absolute atomic E-state index is 11.7. The lowest BCUT2D eigenvalue weighted by Gasteiger charge is -2.19. The molecule has 0 heterocycles. The van der Waals surface area contributed by atoms with Gasteiger partial charge in [-0.05, 0) is 38.5 Å². The number of allylic oxidation sites excluding steroid dienone is 9. The monoisotopic (exact) mass is 499 g/mol. The van der Waals surface area contributed by atoms with Gasteiger partial charge in [0, 0.05) is 13.5 Å². The van der Waals surface area contributed by atoms with Crippen LogP contribution in [0.1, 0.15) is 52.4 Å². The second-order valence-electron chi connectivity index (χ2n) is 7.19. The minimum absolute atomic E-state index is 0.0428. The van der Waals surface area contributed by atoms with Crippen LogP contribution in [0.3, 0.4) is 0 Å². The third-order valence-corrected chi connectivity index (χ3v) is 5.00. The van der Waals surface area contributed by atoms with Crippen LogP contribution in [0.25, 0.3) is 0 Å². The SMILES string of the molecule is CC/C=C\C/C=C\C/C=C\C/C=C\C/C=C\CCOCC(COP(=O)(O)OCCN)OC(C)=O. The van der Waals surface area contributed by atoms with Gasteiger partial charge in [0.05, 0.1) is 26.4 Å². The van der Waals surface area contributed by atoms with Crippen molar-refractivity contribution in [2.75, 3.05) is 33.0 Å². The van der Waals surface area contributed by atoms with E-state index in [0.29, 0.717) is 13.0 Å². The van der Waals surface area contributed by atoms with Crippen LogP contribution in [0.15, 0.2) is 60.8 Å². The van der Waals surface area contributed by atoms with Gasteiger partial charge in [-0.2, -0.15) is 0 Å². The number of hydrogen-bond acceptors (Lipinski definition) is 7. The average Bonchev–Trinajstić information content (AvgIpc) is 2.80. The second kappa shape index (κ2) is 23.0. The summed E-state index contributed by atoms with van der Waals surface area (Å²) >= 11 is 0. The van der Waals surface area contributed by atoms with E-state index >= 15 is 0 Å². The minimum atomic E-state index is -4.24. The van der Waals surface area contributed by atoms with Crippen molar-refractivity contribution in [3.05, 3.63) is 60.8 Å². The standard InChI is InChI=1S/C25H42NO7P/c1-3-4-5-6-7-8-9-10-11-12-13-14-15-16-17-18-20-30-22-25(33-24(2)27)23-32-34(28,29)31-21-19-26/h4-5,7-8,10-11,13-14,16-17,25H,3,6,9,12,15,18-23,26H2,1-2H3,(H,28,29)/b5-4-,8-7-,11-10-,14-13-,17-16-. The Balaban J connectivity index is 3.93. The van der Waals surface area contributed by atoms with Crippen molar-refractivity contribution in [1.82, 2.24) is 0 Å². The predicted octanol–water partition coefficient (Wildman–Crippen LogP) is 5.17. The van der Waals surface area contributed by atoms with E-state index in [1.165, 1.54) is 6.92 Å². The Bertz CT molecular complexity index is 701. The fourth-order valence-corrected chi connectivity index (χ4v) is 3.23. The molecule has 0 spiro atoms. The van der Waals surface area contributed by atoms with Crippen molar-refractivity contribution in [3.63, 3.8) is 0 Å². The molecule has 0 aliphatic carbocycles. The van der Waals surface area contributed by atoms with Gasteiger partial charge in [0.25, 0.3) is 0 Å². The molecular formula is C25H42NO7P. The predicted molar refractivity (Wildman–Crippen MR) is 136 cm³/mol. The number of phosphoric ester groups is 1. The van der Waals surface area contributed by atoms with E-state index in [0.717, 1.165) is 32.1 Å². The smallest absolute Gasteiger partial charge is 0.458 e. The fourth-order valence-electron chi connectivity index (χ4n) is 2.47. The van der Waals surface area contributed by atoms with Crippen molar-refractivity contribution in [2.45, 2.75) is 58.5 Å². The van der Waals surface area contributed by atoms with E-state index in [2.05, 4.69) is 66.1 Å². The molecule has 8 nitrogen and oxygen atoms in total. The summed E-state index contributed by atoms with van der Waals surface area (Å²) in [4.78, 5) is 20.7. The lowest BCUT2D eigenvalue weighted by Crippen LogP contribution is -2.27. The molecule has 0 aromatic heterocycles. The molecule has 0 saturated carbocycles. The maximum Gasteiger partial charge on any atom is 0.472 e. The molecule has 2 atom stereocenters. The molecular weight excluding hydrogens is 457 g/mol. The van der Waals surface area contributed by atoms with Gasteiger partial charge in [-0.3, -0.25) is 13.8 Å². The molecule has 0 rings (SSSR count). The lowest BCUT2D eigenvalue weighted by atomic mass is 10.2. The highest BCUT2D eigenvalue weighted by atomic mass is 31.2. The third-order valence-electron chi connectivity index (χ3n) is 4.02. The van der Waals surface area contributed by atoms with Crippen LogP contribution in [-0.4, -0.2) is 49.9 Å². The van der Waals surface area contributed by atoms with Gasteiger partial charge in [0.15, 0.2) is 0 Å². The first-order valence-electron chi connectivity index (χ1n) is 11.7. The Morgan fingerprint density at radius 2 is 1.38 bits per heavy atom. The summed E-state index contributed by atoms with van der Waals surface area (Å²) in [6.45, 7) is 3.49. The quantitative estimate of drug-likeness (QED) is 0.0961. The van der Waals surface area contributed by atoms with Gasteiger partial charge in [0.2, 0.25) is 0 Å². The normalized spacial score (nSPS) is 15.3. The molecule has 0 amide bonds. The molecule has 0 fully saturated rings. The second-order valence-corrected chi connectivity index (χ2v) is 8.64. The van der Waals surface area contributed by atoms with Gasteiger partial charge < -0.3 is 20.1 Å². The van der Waals surface area contributed by atoms with E-state index in [1.54, 1.807) is 0 Å². The average molecular weight is 500 g/mol. The van der Waals surface area contributed by atoms with Crippen LogP contribution in [0.2, 0.25) is 0 Å². The summed E-state index contributed by atoms with van der Waals surface area (Å²) in [7, 11) is -4.24. The summed E-state index contributed by atoms with van der Waals surface area (Å²) in [6.07, 6.45) is 26.0. The van der Waals surface area contributed by atoms with Crippen molar-refractivity contribution < 1.29 is 32.8 Å². The molecule has 9 heteroatoms. The zero-order valence-electron chi connectivity index (χ0n) is 20.6. The summed E-state index contributed by atoms with van der Waals surface area (Å²) < 4.78 is 31.6. The van der Waals surface area contributed by atoms with Crippen molar-refractivity contribution in [1.29, 1.82) is 0 Å². The summed E-state index contributed by atoms with van der Waals surface area (Å²) in [5, 5.41) is 0. The van der Waals surface area contributed by atoms with Crippen molar-refractivity contribution >= 4 is 13.8 Å². The zero-order valence-corrected chi connectivity index (χ0v) is 21.4.